The van der Waals surface area contributed by atoms with Gasteiger partial charge < -0.3 is 29.5 Å². The van der Waals surface area contributed by atoms with E-state index in [1.54, 1.807) is 20.4 Å². The van der Waals surface area contributed by atoms with Crippen LogP contribution in [0.15, 0.2) is 54.9 Å². The van der Waals surface area contributed by atoms with Crippen molar-refractivity contribution in [2.24, 2.45) is 0 Å². The quantitative estimate of drug-likeness (QED) is 0.448. The first kappa shape index (κ1) is 25.5. The first-order valence-corrected chi connectivity index (χ1v) is 12.3. The lowest BCUT2D eigenvalue weighted by atomic mass is 10.1. The van der Waals surface area contributed by atoms with Gasteiger partial charge >= 0.3 is 6.03 Å². The third-order valence-electron chi connectivity index (χ3n) is 6.57. The van der Waals surface area contributed by atoms with Crippen molar-refractivity contribution in [3.63, 3.8) is 0 Å². The highest BCUT2D eigenvalue weighted by atomic mass is 16.5. The molecule has 1 aliphatic rings. The number of carbonyl (C=O) groups is 1. The van der Waals surface area contributed by atoms with E-state index >= 15 is 0 Å². The number of carbonyl (C=O) groups excluding carboxylic acids is 1. The van der Waals surface area contributed by atoms with Crippen molar-refractivity contribution in [1.29, 1.82) is 0 Å². The number of ether oxygens (including phenoxy) is 2. The topological polar surface area (TPSA) is 86.0 Å². The van der Waals surface area contributed by atoms with Crippen molar-refractivity contribution in [3.8, 4) is 22.6 Å². The van der Waals surface area contributed by atoms with Gasteiger partial charge in [-0.25, -0.2) is 4.79 Å². The van der Waals surface area contributed by atoms with Gasteiger partial charge in [0, 0.05) is 51.0 Å². The molecule has 1 fully saturated rings. The number of rotatable bonds is 10. The van der Waals surface area contributed by atoms with E-state index in [1.165, 1.54) is 0 Å². The minimum atomic E-state index is -0.162. The molecule has 2 aromatic carbocycles. The van der Waals surface area contributed by atoms with Gasteiger partial charge in [0.25, 0.3) is 0 Å². The predicted molar refractivity (Wildman–Crippen MR) is 142 cm³/mol. The zero-order chi connectivity index (χ0) is 25.3. The number of nitrogens with zero attached hydrogens (tertiary/aromatic N) is 4. The van der Waals surface area contributed by atoms with Crippen LogP contribution in [0.4, 0.5) is 10.5 Å². The molecule has 192 valence electrons. The summed E-state index contributed by atoms with van der Waals surface area (Å²) in [4.78, 5) is 20.1. The van der Waals surface area contributed by atoms with E-state index in [2.05, 4.69) is 32.4 Å². The van der Waals surface area contributed by atoms with Crippen molar-refractivity contribution < 1.29 is 14.3 Å². The standard InChI is InChI=1S/C27H36N6O3/c1-31-12-14-32(15-13-31)10-5-11-33(20-21-6-4-7-24(16-21)35-2)27(34)30-25-9-8-22(17-26(25)36-3)23-18-28-29-19-23/h4,6-9,16-19H,5,10-15,20H2,1-3H3,(H,28,29)(H,30,34). The fourth-order valence-corrected chi connectivity index (χ4v) is 4.38. The zero-order valence-electron chi connectivity index (χ0n) is 21.4. The molecule has 0 saturated carbocycles. The van der Waals surface area contributed by atoms with Gasteiger partial charge in [0.15, 0.2) is 0 Å². The average molecular weight is 493 g/mol. The molecule has 1 aromatic heterocycles. The minimum Gasteiger partial charge on any atom is -0.497 e. The van der Waals surface area contributed by atoms with Crippen molar-refractivity contribution in [2.75, 3.05) is 65.9 Å². The summed E-state index contributed by atoms with van der Waals surface area (Å²) in [7, 11) is 5.42. The van der Waals surface area contributed by atoms with Crippen LogP contribution in [0.5, 0.6) is 11.5 Å². The van der Waals surface area contributed by atoms with E-state index in [0.717, 1.165) is 61.6 Å². The molecule has 2 heterocycles. The van der Waals surface area contributed by atoms with Gasteiger partial charge in [-0.05, 0) is 55.4 Å². The highest BCUT2D eigenvalue weighted by Gasteiger charge is 2.19. The molecule has 9 nitrogen and oxygen atoms in total. The number of H-pyrrole nitrogens is 1. The average Bonchev–Trinajstić information content (AvgIpc) is 3.44. The Kier molecular flexibility index (Phi) is 8.80. The number of amides is 2. The zero-order valence-corrected chi connectivity index (χ0v) is 21.4. The number of methoxy groups -OCH3 is 2. The van der Waals surface area contributed by atoms with E-state index in [0.29, 0.717) is 24.5 Å². The van der Waals surface area contributed by atoms with Gasteiger partial charge in [0.05, 0.1) is 26.1 Å². The molecule has 4 rings (SSSR count). The van der Waals surface area contributed by atoms with Crippen molar-refractivity contribution in [1.82, 2.24) is 24.9 Å². The number of piperazine rings is 1. The van der Waals surface area contributed by atoms with Crippen LogP contribution in [-0.2, 0) is 6.54 Å². The summed E-state index contributed by atoms with van der Waals surface area (Å²) in [5.41, 5.74) is 3.56. The number of likely N-dealkylation sites (N-methyl/N-ethyl adjacent to an activating group) is 1. The Morgan fingerprint density at radius 3 is 2.64 bits per heavy atom. The number of urea groups is 1. The first-order chi connectivity index (χ1) is 17.6. The number of anilines is 1. The highest BCUT2D eigenvalue weighted by molar-refractivity contribution is 5.91. The van der Waals surface area contributed by atoms with E-state index in [4.69, 9.17) is 9.47 Å². The van der Waals surface area contributed by atoms with Gasteiger partial charge in [-0.3, -0.25) is 5.10 Å². The third kappa shape index (κ3) is 6.77. The summed E-state index contributed by atoms with van der Waals surface area (Å²) in [6, 6.07) is 13.4. The largest absolute Gasteiger partial charge is 0.497 e. The van der Waals surface area contributed by atoms with Crippen LogP contribution in [0.25, 0.3) is 11.1 Å². The molecule has 36 heavy (non-hydrogen) atoms. The predicted octanol–water partition coefficient (Wildman–Crippen LogP) is 3.77. The van der Waals surface area contributed by atoms with Crippen LogP contribution < -0.4 is 14.8 Å². The van der Waals surface area contributed by atoms with Crippen LogP contribution in [0.1, 0.15) is 12.0 Å². The Labute approximate surface area is 213 Å². The molecule has 0 bridgehead atoms. The fourth-order valence-electron chi connectivity index (χ4n) is 4.38. The van der Waals surface area contributed by atoms with Crippen LogP contribution in [0.3, 0.4) is 0 Å². The summed E-state index contributed by atoms with van der Waals surface area (Å²) in [5.74, 6) is 1.38. The van der Waals surface area contributed by atoms with E-state index in [1.807, 2.05) is 53.6 Å². The molecule has 0 unspecified atom stereocenters. The molecule has 3 aromatic rings. The second-order valence-corrected chi connectivity index (χ2v) is 9.10. The van der Waals surface area contributed by atoms with E-state index in [9.17, 15) is 4.79 Å². The number of nitrogens with one attached hydrogen (secondary N) is 2. The maximum atomic E-state index is 13.5. The number of aromatic amines is 1. The summed E-state index contributed by atoms with van der Waals surface area (Å²) >= 11 is 0. The lowest BCUT2D eigenvalue weighted by molar-refractivity contribution is 0.147. The molecule has 0 aliphatic carbocycles. The van der Waals surface area contributed by atoms with Crippen LogP contribution >= 0.6 is 0 Å². The summed E-state index contributed by atoms with van der Waals surface area (Å²) in [6.07, 6.45) is 4.48. The van der Waals surface area contributed by atoms with E-state index < -0.39 is 0 Å². The number of hydrogen-bond donors (Lipinski definition) is 2. The Bertz CT molecular complexity index is 1110. The Morgan fingerprint density at radius 2 is 1.92 bits per heavy atom. The molecule has 1 saturated heterocycles. The normalized spacial score (nSPS) is 14.4. The number of aromatic nitrogens is 2. The lowest BCUT2D eigenvalue weighted by Crippen LogP contribution is -2.45. The van der Waals surface area contributed by atoms with Crippen LogP contribution in [0.2, 0.25) is 0 Å². The second kappa shape index (κ2) is 12.4. The molecule has 2 amide bonds. The monoisotopic (exact) mass is 492 g/mol. The molecule has 2 N–H and O–H groups in total. The molecule has 1 aliphatic heterocycles. The van der Waals surface area contributed by atoms with Crippen molar-refractivity contribution >= 4 is 11.7 Å². The maximum Gasteiger partial charge on any atom is 0.322 e. The molecule has 0 atom stereocenters. The number of hydrogen-bond acceptors (Lipinski definition) is 6. The smallest absolute Gasteiger partial charge is 0.322 e. The van der Waals surface area contributed by atoms with Gasteiger partial charge in [0.1, 0.15) is 11.5 Å². The summed E-state index contributed by atoms with van der Waals surface area (Å²) in [6.45, 7) is 6.41. The summed E-state index contributed by atoms with van der Waals surface area (Å²) < 4.78 is 11.0. The SMILES string of the molecule is COc1cccc(CN(CCCN2CCN(C)CC2)C(=O)Nc2ccc(-c3cn[nH]c3)cc2OC)c1. The van der Waals surface area contributed by atoms with Gasteiger partial charge in [0.2, 0.25) is 0 Å². The number of benzene rings is 2. The molecular formula is C27H36N6O3. The molecule has 0 radical (unpaired) electrons. The highest BCUT2D eigenvalue weighted by Crippen LogP contribution is 2.30. The minimum absolute atomic E-state index is 0.162. The Morgan fingerprint density at radius 1 is 1.08 bits per heavy atom. The van der Waals surface area contributed by atoms with Crippen molar-refractivity contribution in [2.45, 2.75) is 13.0 Å². The molecule has 0 spiro atoms. The lowest BCUT2D eigenvalue weighted by Gasteiger charge is -2.33. The second-order valence-electron chi connectivity index (χ2n) is 9.10. The van der Waals surface area contributed by atoms with Gasteiger partial charge in [-0.1, -0.05) is 18.2 Å². The van der Waals surface area contributed by atoms with Gasteiger partial charge in [-0.15, -0.1) is 0 Å². The third-order valence-corrected chi connectivity index (χ3v) is 6.57. The summed E-state index contributed by atoms with van der Waals surface area (Å²) in [5, 5.41) is 9.90. The fraction of sp³-hybridized carbons (Fsp3) is 0.407. The van der Waals surface area contributed by atoms with Crippen LogP contribution in [0, 0.1) is 0 Å². The first-order valence-electron chi connectivity index (χ1n) is 12.3. The van der Waals surface area contributed by atoms with Crippen molar-refractivity contribution in [3.05, 3.63) is 60.4 Å². The molecule has 9 heteroatoms. The Balaban J connectivity index is 1.46. The van der Waals surface area contributed by atoms with Gasteiger partial charge in [-0.2, -0.15) is 5.10 Å². The molecular weight excluding hydrogens is 456 g/mol. The van der Waals surface area contributed by atoms with Crippen LogP contribution in [-0.4, -0.2) is 91.5 Å². The van der Waals surface area contributed by atoms with E-state index in [-0.39, 0.29) is 6.03 Å². The Hall–Kier alpha value is -3.56. The maximum absolute atomic E-state index is 13.5.